The molecule has 2 aliphatic rings. The number of nitrogens with zero attached hydrogens (tertiary/aromatic N) is 4. The van der Waals surface area contributed by atoms with Gasteiger partial charge in [-0.1, -0.05) is 70.2 Å². The Balaban J connectivity index is 0.000000620. The molecule has 2 saturated heterocycles. The molecule has 2 aliphatic heterocycles. The highest BCUT2D eigenvalue weighted by atomic mass is 19.1. The Labute approximate surface area is 250 Å². The zero-order valence-corrected chi connectivity index (χ0v) is 25.4. The maximum absolute atomic E-state index is 13.3. The third-order valence-electron chi connectivity index (χ3n) is 7.37. The lowest BCUT2D eigenvalue weighted by atomic mass is 9.66. The molecular formula is C34H44F2N4O2. The summed E-state index contributed by atoms with van der Waals surface area (Å²) in [6, 6.07) is 16.4. The predicted molar refractivity (Wildman–Crippen MR) is 165 cm³/mol. The van der Waals surface area contributed by atoms with Crippen molar-refractivity contribution < 1.29 is 18.7 Å². The lowest BCUT2D eigenvalue weighted by molar-refractivity contribution is -0.156. The zero-order valence-electron chi connectivity index (χ0n) is 25.4. The number of terminal acetylenes is 1. The summed E-state index contributed by atoms with van der Waals surface area (Å²) in [6.45, 7) is 10.6. The van der Waals surface area contributed by atoms with E-state index in [9.17, 15) is 18.7 Å². The number of likely N-dealkylation sites (tertiary alicyclic amines) is 2. The molecule has 42 heavy (non-hydrogen) atoms. The molecule has 0 saturated carbocycles. The van der Waals surface area contributed by atoms with E-state index in [0.29, 0.717) is 32.5 Å². The maximum Gasteiger partial charge on any atom is 0.227 e. The Hall–Kier alpha value is -4.01. The van der Waals surface area contributed by atoms with Crippen molar-refractivity contribution in [1.82, 2.24) is 9.80 Å². The van der Waals surface area contributed by atoms with Crippen LogP contribution in [-0.4, -0.2) is 59.9 Å². The molecule has 0 aromatic heterocycles. The van der Waals surface area contributed by atoms with E-state index in [2.05, 4.69) is 28.8 Å². The highest BCUT2D eigenvalue weighted by molar-refractivity contribution is 5.93. The van der Waals surface area contributed by atoms with Crippen LogP contribution in [0.1, 0.15) is 52.5 Å². The number of piperidine rings is 1. The number of benzene rings is 2. The first-order chi connectivity index (χ1) is 20.1. The number of rotatable bonds is 4. The van der Waals surface area contributed by atoms with Gasteiger partial charge in [-0.2, -0.15) is 5.26 Å². The highest BCUT2D eigenvalue weighted by Gasteiger charge is 2.50. The predicted octanol–water partition coefficient (Wildman–Crippen LogP) is 6.19. The van der Waals surface area contributed by atoms with Gasteiger partial charge in [0.05, 0.1) is 24.0 Å². The summed E-state index contributed by atoms with van der Waals surface area (Å²) < 4.78 is 23.9. The summed E-state index contributed by atoms with van der Waals surface area (Å²) in [5, 5.41) is 20.2. The van der Waals surface area contributed by atoms with Crippen molar-refractivity contribution in [2.45, 2.75) is 52.6 Å². The van der Waals surface area contributed by atoms with Gasteiger partial charge in [-0.05, 0) is 36.6 Å². The van der Waals surface area contributed by atoms with E-state index in [1.54, 1.807) is 13.1 Å². The van der Waals surface area contributed by atoms with Gasteiger partial charge < -0.3 is 14.9 Å². The van der Waals surface area contributed by atoms with Crippen molar-refractivity contribution >= 4 is 11.7 Å². The van der Waals surface area contributed by atoms with Crippen molar-refractivity contribution in [1.29, 1.82) is 5.26 Å². The minimum atomic E-state index is -0.944. The third kappa shape index (κ3) is 9.53. The standard InChI is InChI=1S/C24H32N4O2.C6H4F2.C2H6.C2H2/c1-23(2)18-28(16-13-24(23,30)20-9-5-4-6-10-20)22(29)19-12-15-27(17-19)21(26-3)11-7-8-14-25;7-5-2-1-3-6(8)4-5;2*1-2/h4-7,9-11,19,30H,8,12-13,15-18H2,1-3H3;1-4H;1-2H3;1-2H/b11-7-,26-21?;;;/t19?,24-;;;/m0.../s1. The average Bonchev–Trinajstić information content (AvgIpc) is 3.49. The van der Waals surface area contributed by atoms with E-state index in [4.69, 9.17) is 5.26 Å². The molecule has 0 radical (unpaired) electrons. The van der Waals surface area contributed by atoms with Gasteiger partial charge in [-0.25, -0.2) is 8.78 Å². The lowest BCUT2D eigenvalue weighted by Gasteiger charge is -2.51. The number of amides is 1. The van der Waals surface area contributed by atoms with Gasteiger partial charge in [0.25, 0.3) is 0 Å². The number of amidine groups is 1. The first kappa shape index (κ1) is 36.0. The molecular weight excluding hydrogens is 534 g/mol. The molecule has 226 valence electrons. The van der Waals surface area contributed by atoms with Crippen molar-refractivity contribution in [2.24, 2.45) is 16.3 Å². The fourth-order valence-electron chi connectivity index (χ4n) is 5.19. The number of aliphatic imine (C=N–C) groups is 1. The van der Waals surface area contributed by atoms with Crippen LogP contribution < -0.4 is 0 Å². The first-order valence-electron chi connectivity index (χ1n) is 14.2. The van der Waals surface area contributed by atoms with Gasteiger partial charge in [-0.15, -0.1) is 12.8 Å². The Morgan fingerprint density at radius 1 is 1.10 bits per heavy atom. The number of hydrogen-bond acceptors (Lipinski definition) is 4. The first-order valence-corrected chi connectivity index (χ1v) is 14.2. The maximum atomic E-state index is 13.3. The van der Waals surface area contributed by atoms with Crippen molar-refractivity contribution in [2.75, 3.05) is 33.2 Å². The number of carbonyl (C=O) groups is 1. The molecule has 0 spiro atoms. The average molecular weight is 579 g/mol. The molecule has 2 heterocycles. The SMILES string of the molecule is C#C.CC.CN=C(/C=C\CC#N)N1CCC(C(=O)N2CC[C@](O)(c3ccccc3)C(C)(C)C2)C1.Fc1cccc(F)c1. The monoisotopic (exact) mass is 578 g/mol. The van der Waals surface area contributed by atoms with Crippen LogP contribution >= 0.6 is 0 Å². The van der Waals surface area contributed by atoms with Crippen molar-refractivity contribution in [3.63, 3.8) is 0 Å². The molecule has 2 fully saturated rings. The molecule has 0 bridgehead atoms. The van der Waals surface area contributed by atoms with Crippen LogP contribution in [0.15, 0.2) is 71.7 Å². The number of allylic oxidation sites excluding steroid dienone is 1. The van der Waals surface area contributed by atoms with Crippen LogP contribution in [0.2, 0.25) is 0 Å². The minimum absolute atomic E-state index is 0.0650. The molecule has 2 atom stereocenters. The van der Waals surface area contributed by atoms with Crippen LogP contribution in [0, 0.1) is 47.1 Å². The second kappa shape index (κ2) is 17.7. The number of halogens is 2. The topological polar surface area (TPSA) is 79.9 Å². The van der Waals surface area contributed by atoms with Crippen LogP contribution in [0.3, 0.4) is 0 Å². The smallest absolute Gasteiger partial charge is 0.227 e. The molecule has 1 unspecified atom stereocenters. The number of carbonyl (C=O) groups excluding carboxylic acids is 1. The minimum Gasteiger partial charge on any atom is -0.384 e. The molecule has 8 heteroatoms. The van der Waals surface area contributed by atoms with E-state index in [1.807, 2.05) is 69.0 Å². The van der Waals surface area contributed by atoms with Crippen LogP contribution in [0.5, 0.6) is 0 Å². The molecule has 0 aliphatic carbocycles. The summed E-state index contributed by atoms with van der Waals surface area (Å²) in [5.41, 5.74) is -0.473. The fourth-order valence-corrected chi connectivity index (χ4v) is 5.19. The molecule has 1 amide bonds. The summed E-state index contributed by atoms with van der Waals surface area (Å²) in [5.74, 6) is -0.157. The molecule has 2 aromatic carbocycles. The van der Waals surface area contributed by atoms with Gasteiger partial charge in [0.15, 0.2) is 0 Å². The van der Waals surface area contributed by atoms with E-state index >= 15 is 0 Å². The van der Waals surface area contributed by atoms with Crippen LogP contribution in [-0.2, 0) is 10.4 Å². The van der Waals surface area contributed by atoms with Crippen LogP contribution in [0.4, 0.5) is 8.78 Å². The normalized spacial score (nSPS) is 21.1. The second-order valence-electron chi connectivity index (χ2n) is 10.3. The van der Waals surface area contributed by atoms with E-state index in [0.717, 1.165) is 30.4 Å². The van der Waals surface area contributed by atoms with Gasteiger partial charge in [-0.3, -0.25) is 9.79 Å². The van der Waals surface area contributed by atoms with Crippen LogP contribution in [0.25, 0.3) is 0 Å². The Kier molecular flexibility index (Phi) is 15.2. The summed E-state index contributed by atoms with van der Waals surface area (Å²) >= 11 is 0. The molecule has 1 N–H and O–H groups in total. The van der Waals surface area contributed by atoms with Crippen molar-refractivity contribution in [3.05, 3.63) is 83.9 Å². The molecule has 2 aromatic rings. The number of hydrogen-bond donors (Lipinski definition) is 1. The van der Waals surface area contributed by atoms with Crippen molar-refractivity contribution in [3.8, 4) is 18.9 Å². The van der Waals surface area contributed by atoms with Gasteiger partial charge in [0.2, 0.25) is 5.91 Å². The third-order valence-corrected chi connectivity index (χ3v) is 7.37. The Morgan fingerprint density at radius 2 is 1.71 bits per heavy atom. The summed E-state index contributed by atoms with van der Waals surface area (Å²) in [4.78, 5) is 21.6. The van der Waals surface area contributed by atoms with E-state index in [-0.39, 0.29) is 11.8 Å². The summed E-state index contributed by atoms with van der Waals surface area (Å²) in [6.07, 6.45) is 13.3. The Morgan fingerprint density at radius 3 is 2.21 bits per heavy atom. The van der Waals surface area contributed by atoms with E-state index in [1.165, 1.54) is 18.2 Å². The quantitative estimate of drug-likeness (QED) is 0.266. The largest absolute Gasteiger partial charge is 0.384 e. The zero-order chi connectivity index (χ0) is 31.8. The molecule has 6 nitrogen and oxygen atoms in total. The van der Waals surface area contributed by atoms with E-state index < -0.39 is 22.7 Å². The lowest BCUT2D eigenvalue weighted by Crippen LogP contribution is -2.57. The number of aliphatic hydroxyl groups is 1. The summed E-state index contributed by atoms with van der Waals surface area (Å²) in [7, 11) is 1.73. The van der Waals surface area contributed by atoms with Gasteiger partial charge >= 0.3 is 0 Å². The van der Waals surface area contributed by atoms with Gasteiger partial charge in [0.1, 0.15) is 17.5 Å². The Bertz CT molecular complexity index is 1220. The van der Waals surface area contributed by atoms with Gasteiger partial charge in [0, 0.05) is 44.7 Å². The second-order valence-corrected chi connectivity index (χ2v) is 10.3. The fraction of sp³-hybridized carbons (Fsp3) is 0.441. The molecule has 4 rings (SSSR count). The number of nitriles is 1. The highest BCUT2D eigenvalue weighted by Crippen LogP contribution is 2.46.